The lowest BCUT2D eigenvalue weighted by atomic mass is 10.0. The van der Waals surface area contributed by atoms with Crippen LogP contribution in [0.3, 0.4) is 0 Å². The Morgan fingerprint density at radius 3 is 2.71 bits per heavy atom. The van der Waals surface area contributed by atoms with E-state index < -0.39 is 11.9 Å². The van der Waals surface area contributed by atoms with E-state index in [0.29, 0.717) is 13.0 Å². The zero-order valence-electron chi connectivity index (χ0n) is 10.4. The SMILES string of the molecule is CCCC(CNC(=O)C1COC(C)C1)C(=O)O. The number of carboxylic acids is 1. The summed E-state index contributed by atoms with van der Waals surface area (Å²) in [5.74, 6) is -1.54. The van der Waals surface area contributed by atoms with Crippen molar-refractivity contribution in [2.45, 2.75) is 39.2 Å². The Morgan fingerprint density at radius 2 is 2.24 bits per heavy atom. The number of ether oxygens (including phenoxy) is 1. The third kappa shape index (κ3) is 4.34. The molecule has 5 nitrogen and oxygen atoms in total. The Bertz CT molecular complexity index is 280. The number of carbonyl (C=O) groups is 2. The molecule has 1 heterocycles. The third-order valence-corrected chi connectivity index (χ3v) is 3.08. The van der Waals surface area contributed by atoms with Gasteiger partial charge in [-0.15, -0.1) is 0 Å². The minimum atomic E-state index is -0.844. The molecular weight excluding hydrogens is 222 g/mol. The second-order valence-corrected chi connectivity index (χ2v) is 4.65. The average Bonchev–Trinajstić information content (AvgIpc) is 2.70. The van der Waals surface area contributed by atoms with E-state index in [0.717, 1.165) is 12.8 Å². The number of hydrogen-bond acceptors (Lipinski definition) is 3. The molecule has 0 bridgehead atoms. The van der Waals surface area contributed by atoms with Gasteiger partial charge in [0.25, 0.3) is 0 Å². The van der Waals surface area contributed by atoms with Crippen LogP contribution in [0.25, 0.3) is 0 Å². The number of nitrogens with one attached hydrogen (secondary N) is 1. The van der Waals surface area contributed by atoms with Crippen LogP contribution in [-0.2, 0) is 14.3 Å². The monoisotopic (exact) mass is 243 g/mol. The molecule has 0 aromatic heterocycles. The van der Waals surface area contributed by atoms with Crippen LogP contribution in [0.5, 0.6) is 0 Å². The Morgan fingerprint density at radius 1 is 1.53 bits per heavy atom. The zero-order valence-corrected chi connectivity index (χ0v) is 10.4. The van der Waals surface area contributed by atoms with E-state index >= 15 is 0 Å². The van der Waals surface area contributed by atoms with Crippen LogP contribution in [0, 0.1) is 11.8 Å². The average molecular weight is 243 g/mol. The van der Waals surface area contributed by atoms with Crippen LogP contribution in [-0.4, -0.2) is 36.2 Å². The number of hydrogen-bond donors (Lipinski definition) is 2. The van der Waals surface area contributed by atoms with Crippen molar-refractivity contribution in [3.05, 3.63) is 0 Å². The zero-order chi connectivity index (χ0) is 12.8. The summed E-state index contributed by atoms with van der Waals surface area (Å²) in [4.78, 5) is 22.6. The minimum absolute atomic E-state index is 0.0864. The largest absolute Gasteiger partial charge is 0.481 e. The molecule has 1 fully saturated rings. The van der Waals surface area contributed by atoms with E-state index in [4.69, 9.17) is 9.84 Å². The molecule has 1 aliphatic rings. The maximum atomic E-state index is 11.7. The predicted octanol–water partition coefficient (Wildman–Crippen LogP) is 1.03. The van der Waals surface area contributed by atoms with Crippen LogP contribution >= 0.6 is 0 Å². The van der Waals surface area contributed by atoms with Gasteiger partial charge in [-0.25, -0.2) is 0 Å². The second-order valence-electron chi connectivity index (χ2n) is 4.65. The summed E-state index contributed by atoms with van der Waals surface area (Å²) >= 11 is 0. The van der Waals surface area contributed by atoms with Gasteiger partial charge in [-0.05, 0) is 19.8 Å². The first-order chi connectivity index (χ1) is 8.04. The maximum absolute atomic E-state index is 11.7. The summed E-state index contributed by atoms with van der Waals surface area (Å²) in [7, 11) is 0. The standard InChI is InChI=1S/C12H21NO4/c1-3-4-9(12(15)16)6-13-11(14)10-5-8(2)17-7-10/h8-10H,3-7H2,1-2H3,(H,13,14)(H,15,16). The Hall–Kier alpha value is -1.10. The van der Waals surface area contributed by atoms with E-state index in [9.17, 15) is 9.59 Å². The molecule has 0 spiro atoms. The lowest BCUT2D eigenvalue weighted by Gasteiger charge is -2.14. The van der Waals surface area contributed by atoms with Gasteiger partial charge in [-0.3, -0.25) is 9.59 Å². The highest BCUT2D eigenvalue weighted by Gasteiger charge is 2.28. The van der Waals surface area contributed by atoms with Crippen LogP contribution < -0.4 is 5.32 Å². The van der Waals surface area contributed by atoms with Crippen molar-refractivity contribution >= 4 is 11.9 Å². The first-order valence-electron chi connectivity index (χ1n) is 6.16. The minimum Gasteiger partial charge on any atom is -0.481 e. The lowest BCUT2D eigenvalue weighted by Crippen LogP contribution is -2.37. The topological polar surface area (TPSA) is 75.6 Å². The van der Waals surface area contributed by atoms with Crippen molar-refractivity contribution in [1.82, 2.24) is 5.32 Å². The fourth-order valence-electron chi connectivity index (χ4n) is 2.03. The summed E-state index contributed by atoms with van der Waals surface area (Å²) in [5.41, 5.74) is 0. The van der Waals surface area contributed by atoms with Crippen molar-refractivity contribution in [2.24, 2.45) is 11.8 Å². The summed E-state index contributed by atoms with van der Waals surface area (Å²) in [6, 6.07) is 0. The molecule has 0 aromatic rings. The van der Waals surface area contributed by atoms with Crippen LogP contribution in [0.4, 0.5) is 0 Å². The van der Waals surface area contributed by atoms with Crippen molar-refractivity contribution in [1.29, 1.82) is 0 Å². The second kappa shape index (κ2) is 6.59. The first kappa shape index (κ1) is 14.0. The van der Waals surface area contributed by atoms with Gasteiger partial charge in [-0.1, -0.05) is 13.3 Å². The van der Waals surface area contributed by atoms with Crippen LogP contribution in [0.15, 0.2) is 0 Å². The Balaban J connectivity index is 2.33. The molecule has 1 amide bonds. The number of amides is 1. The molecule has 0 saturated carbocycles. The van der Waals surface area contributed by atoms with Gasteiger partial charge in [-0.2, -0.15) is 0 Å². The number of carboxylic acid groups (broad SMARTS) is 1. The van der Waals surface area contributed by atoms with Gasteiger partial charge >= 0.3 is 5.97 Å². The molecular formula is C12H21NO4. The maximum Gasteiger partial charge on any atom is 0.308 e. The molecule has 98 valence electrons. The molecule has 17 heavy (non-hydrogen) atoms. The predicted molar refractivity (Wildman–Crippen MR) is 62.6 cm³/mol. The van der Waals surface area contributed by atoms with Crippen molar-refractivity contribution in [2.75, 3.05) is 13.2 Å². The first-order valence-corrected chi connectivity index (χ1v) is 6.16. The van der Waals surface area contributed by atoms with E-state index in [1.54, 1.807) is 0 Å². The Kier molecular flexibility index (Phi) is 5.41. The third-order valence-electron chi connectivity index (χ3n) is 3.08. The van der Waals surface area contributed by atoms with Gasteiger partial charge in [0.05, 0.1) is 24.5 Å². The van der Waals surface area contributed by atoms with Crippen molar-refractivity contribution in [3.8, 4) is 0 Å². The normalized spacial score (nSPS) is 25.5. The fraction of sp³-hybridized carbons (Fsp3) is 0.833. The van der Waals surface area contributed by atoms with Crippen LogP contribution in [0.1, 0.15) is 33.1 Å². The smallest absolute Gasteiger partial charge is 0.308 e. The van der Waals surface area contributed by atoms with E-state index in [-0.39, 0.29) is 24.5 Å². The molecule has 3 atom stereocenters. The quantitative estimate of drug-likeness (QED) is 0.730. The van der Waals surface area contributed by atoms with Crippen molar-refractivity contribution in [3.63, 3.8) is 0 Å². The molecule has 0 aliphatic carbocycles. The number of rotatable bonds is 6. The highest BCUT2D eigenvalue weighted by Crippen LogP contribution is 2.19. The molecule has 2 N–H and O–H groups in total. The molecule has 0 radical (unpaired) electrons. The van der Waals surface area contributed by atoms with E-state index in [2.05, 4.69) is 5.32 Å². The molecule has 1 rings (SSSR count). The van der Waals surface area contributed by atoms with Crippen LogP contribution in [0.2, 0.25) is 0 Å². The summed E-state index contributed by atoms with van der Waals surface area (Å²) in [5, 5.41) is 11.7. The van der Waals surface area contributed by atoms with Crippen molar-refractivity contribution < 1.29 is 19.4 Å². The molecule has 5 heteroatoms. The summed E-state index contributed by atoms with van der Waals surface area (Å²) < 4.78 is 5.31. The van der Waals surface area contributed by atoms with E-state index in [1.807, 2.05) is 13.8 Å². The number of carbonyl (C=O) groups excluding carboxylic acids is 1. The van der Waals surface area contributed by atoms with Gasteiger partial charge in [0, 0.05) is 6.54 Å². The van der Waals surface area contributed by atoms with Gasteiger partial charge in [0.1, 0.15) is 0 Å². The molecule has 3 unspecified atom stereocenters. The van der Waals surface area contributed by atoms with Gasteiger partial charge < -0.3 is 15.2 Å². The summed E-state index contributed by atoms with van der Waals surface area (Å²) in [6.07, 6.45) is 2.23. The fourth-order valence-corrected chi connectivity index (χ4v) is 2.03. The lowest BCUT2D eigenvalue weighted by molar-refractivity contribution is -0.142. The Labute approximate surface area is 102 Å². The summed E-state index contributed by atoms with van der Waals surface area (Å²) in [6.45, 7) is 4.53. The van der Waals surface area contributed by atoms with Gasteiger partial charge in [0.15, 0.2) is 0 Å². The highest BCUT2D eigenvalue weighted by atomic mass is 16.5. The highest BCUT2D eigenvalue weighted by molar-refractivity contribution is 5.80. The van der Waals surface area contributed by atoms with Gasteiger partial charge in [0.2, 0.25) is 5.91 Å². The molecule has 1 aliphatic heterocycles. The molecule has 0 aromatic carbocycles. The number of aliphatic carboxylic acids is 1. The van der Waals surface area contributed by atoms with E-state index in [1.165, 1.54) is 0 Å². The molecule has 1 saturated heterocycles.